The Kier molecular flexibility index (Phi) is 40.0. The maximum absolute atomic E-state index is 14.3. The van der Waals surface area contributed by atoms with E-state index in [4.69, 9.17) is 66.8 Å². The molecule has 10 heterocycles. The summed E-state index contributed by atoms with van der Waals surface area (Å²) in [6.45, 7) is 39.6. The number of thiophene rings is 4. The minimum atomic E-state index is -1.83. The molecule has 41 heteroatoms. The Hall–Kier alpha value is -12.6. The number of Topliss-reactive ketones (excluding diaryl/α,β-unsaturated/α-hetero) is 1. The summed E-state index contributed by atoms with van der Waals surface area (Å²) in [6.07, 6.45) is 2.72. The van der Waals surface area contributed by atoms with Crippen LogP contribution < -0.4 is 48.0 Å². The molecular formula is C106H132N10O27S4. The van der Waals surface area contributed by atoms with Crippen molar-refractivity contribution in [2.24, 2.45) is 5.41 Å². The number of hydrogen-bond donors (Lipinski definition) is 3. The van der Waals surface area contributed by atoms with Crippen molar-refractivity contribution >= 4 is 112 Å². The molecule has 147 heavy (non-hydrogen) atoms. The number of H-pyrrole nitrogens is 1. The van der Waals surface area contributed by atoms with Gasteiger partial charge in [-0.2, -0.15) is 21.0 Å². The van der Waals surface area contributed by atoms with Crippen molar-refractivity contribution in [3.63, 3.8) is 0 Å². The molecule has 0 radical (unpaired) electrons. The van der Waals surface area contributed by atoms with Crippen LogP contribution >= 0.6 is 45.3 Å². The van der Waals surface area contributed by atoms with Crippen LogP contribution in [0.4, 0.5) is 0 Å². The maximum Gasteiger partial charge on any atom is 0.339 e. The fourth-order valence-electron chi connectivity index (χ4n) is 16.5. The molecule has 3 aromatic carbocycles. The lowest BCUT2D eigenvalue weighted by Crippen LogP contribution is -2.54. The SMILES string of the molecule is CCOC(=O)c1c(CC(=O)CC(C)(C)C(=O)OC(C)(C)C)sc(C#N)c1C.COc1ccccc1C(CO)OC1CCOCC1.COc1ccccc1C(Cn1c(=O)n(C(C)(C)C(=O)O)c(=O)c2c(C)c(C#N)sc21)OC1CCOCC1.COc1ccccc1C(Cn1c(=O)n(C(C)(C)C(=O)OC(C)(C)C)c(=O)c2c(C)c(C#N)sc21)OC1CCOCC1.Cc1c(C#N)sc2[nH]c(=O)n(C(C)(C)C(=O)OC(C)(C)C)c(=O)c12. The highest BCUT2D eigenvalue weighted by molar-refractivity contribution is 7.20. The van der Waals surface area contributed by atoms with Gasteiger partial charge in [-0.05, 0) is 231 Å². The lowest BCUT2D eigenvalue weighted by Gasteiger charge is -2.31. The van der Waals surface area contributed by atoms with Crippen LogP contribution in [0.3, 0.4) is 0 Å². The molecule has 3 aliphatic heterocycles. The zero-order valence-electron chi connectivity index (χ0n) is 87.9. The molecule has 0 saturated carbocycles. The predicted molar refractivity (Wildman–Crippen MR) is 555 cm³/mol. The third-order valence-electron chi connectivity index (χ3n) is 24.4. The summed E-state index contributed by atoms with van der Waals surface area (Å²) < 4.78 is 78.6. The number of nitriles is 4. The fraction of sp³-hybridized carbons (Fsp3) is 0.528. The first-order chi connectivity index (χ1) is 69.0. The number of nitrogens with one attached hydrogen (secondary N) is 1. The largest absolute Gasteiger partial charge is 0.496 e. The lowest BCUT2D eigenvalue weighted by molar-refractivity contribution is -0.167. The van der Waals surface area contributed by atoms with Crippen LogP contribution in [0.5, 0.6) is 17.2 Å². The van der Waals surface area contributed by atoms with E-state index in [-0.39, 0.29) is 95.9 Å². The molecule has 7 aromatic heterocycles. The van der Waals surface area contributed by atoms with Crippen LogP contribution in [0.15, 0.2) is 102 Å². The Bertz CT molecular complexity index is 7050. The van der Waals surface area contributed by atoms with Gasteiger partial charge < -0.3 is 71.8 Å². The van der Waals surface area contributed by atoms with E-state index in [0.717, 1.165) is 102 Å². The number of carbonyl (C=O) groups is 6. The van der Waals surface area contributed by atoms with Crippen molar-refractivity contribution in [2.45, 2.75) is 287 Å². The molecule has 3 aliphatic rings. The van der Waals surface area contributed by atoms with E-state index >= 15 is 0 Å². The standard InChI is InChI=1S/C30H37N3O7S.C26H29N3O7S.C20H27NO5S.C16H19N3O4S.C14H20O4/c1-18-23(16-31)41-26-24(18)25(34)33(30(5,6)27(35)40-29(2,3)4)28(36)32(26)17-22(39-19-12-14-38-15-13-19)20-10-8-9-11-21(20)37-7;1-15-20(13-27)37-23-21(15)22(30)29(26(2,3)24(31)32)25(33)28(23)14-19(36-16-9-11-35-12-10-16)17-7-5-6-8-18(17)34-4;1-8-25-17(23)16-12(2)15(11-21)27-14(16)9-13(22)10-20(6,7)18(24)26-19(3,4)5;1-8-9(7-17)24-11-10(8)12(20)19(14(22)18-11)16(5,6)13(21)23-15(2,3)4;1-16-13-5-3-2-4-12(13)14(10-15)18-11-6-8-17-9-7-11/h8-11,19,22H,12-15,17H2,1-7H3;5-8,16,19H,9-12,14H2,1-4H3,(H,31,32);8-10H2,1-7H3;1-6H3,(H,18,22);2-5,11,14-15H,6-10H2,1H3. The number of aromatic nitrogens is 6. The van der Waals surface area contributed by atoms with Crippen molar-refractivity contribution in [3.8, 4) is 41.5 Å². The van der Waals surface area contributed by atoms with Gasteiger partial charge in [0.2, 0.25) is 0 Å². The molecule has 0 spiro atoms. The predicted octanol–water partition coefficient (Wildman–Crippen LogP) is 15.5. The molecule has 10 aromatic rings. The number of aliphatic hydroxyl groups is 1. The Labute approximate surface area is 867 Å². The minimum absolute atomic E-state index is 0.0164. The number of nitrogens with zero attached hydrogens (tertiary/aromatic N) is 9. The van der Waals surface area contributed by atoms with Crippen LogP contribution in [0, 0.1) is 78.4 Å². The van der Waals surface area contributed by atoms with Gasteiger partial charge in [-0.25, -0.2) is 47.3 Å². The van der Waals surface area contributed by atoms with E-state index in [1.165, 1.54) is 50.7 Å². The van der Waals surface area contributed by atoms with Gasteiger partial charge >= 0.3 is 46.9 Å². The molecular weight excluding hydrogens is 1970 g/mol. The first-order valence-corrected chi connectivity index (χ1v) is 51.2. The highest BCUT2D eigenvalue weighted by atomic mass is 32.1. The highest BCUT2D eigenvalue weighted by Crippen LogP contribution is 2.40. The number of ether oxygens (including phenoxy) is 13. The van der Waals surface area contributed by atoms with Crippen LogP contribution in [-0.2, 0) is 107 Å². The number of aliphatic hydroxyl groups excluding tert-OH is 1. The normalized spacial score (nSPS) is 14.6. The Morgan fingerprint density at radius 1 is 0.456 bits per heavy atom. The van der Waals surface area contributed by atoms with Gasteiger partial charge in [0.25, 0.3) is 16.7 Å². The number of para-hydroxylation sites is 3. The number of hydrogen-bond acceptors (Lipinski definition) is 34. The van der Waals surface area contributed by atoms with Crippen molar-refractivity contribution < 1.29 is 101 Å². The van der Waals surface area contributed by atoms with Crippen LogP contribution in [0.25, 0.3) is 30.6 Å². The van der Waals surface area contributed by atoms with Crippen molar-refractivity contribution in [1.82, 2.24) is 27.8 Å². The van der Waals surface area contributed by atoms with Gasteiger partial charge in [0.05, 0.1) is 93.1 Å². The summed E-state index contributed by atoms with van der Waals surface area (Å²) in [5.74, 6) is -2.01. The number of carboxylic acid groups (broad SMARTS) is 1. The number of aliphatic carboxylic acids is 1. The van der Waals surface area contributed by atoms with E-state index in [2.05, 4.69) is 17.1 Å². The number of aryl methyl sites for hydroxylation is 3. The second kappa shape index (κ2) is 49.9. The number of esters is 4. The molecule has 3 saturated heterocycles. The second-order valence-corrected chi connectivity index (χ2v) is 44.5. The average molecular weight is 2110 g/mol. The summed E-state index contributed by atoms with van der Waals surface area (Å²) in [5, 5.41) is 57.8. The average Bonchev–Trinajstić information content (AvgIpc) is 1.64. The summed E-state index contributed by atoms with van der Waals surface area (Å²) in [7, 11) is 4.74. The van der Waals surface area contributed by atoms with Crippen molar-refractivity contribution in [1.29, 1.82) is 21.0 Å². The smallest absolute Gasteiger partial charge is 0.339 e. The maximum atomic E-state index is 14.3. The molecule has 13 rings (SSSR count). The summed E-state index contributed by atoms with van der Waals surface area (Å²) in [6, 6.07) is 30.6. The number of rotatable bonds is 30. The van der Waals surface area contributed by atoms with Crippen LogP contribution in [0.1, 0.15) is 262 Å². The van der Waals surface area contributed by atoms with Crippen LogP contribution in [-0.4, -0.2) is 183 Å². The Morgan fingerprint density at radius 2 is 0.789 bits per heavy atom. The molecule has 3 unspecified atom stereocenters. The zero-order chi connectivity index (χ0) is 109. The topological polar surface area (TPSA) is 501 Å². The zero-order valence-corrected chi connectivity index (χ0v) is 91.1. The number of carboxylic acids is 1. The summed E-state index contributed by atoms with van der Waals surface area (Å²) >= 11 is 4.27. The number of aromatic amines is 1. The van der Waals surface area contributed by atoms with Crippen LogP contribution in [0.2, 0.25) is 0 Å². The number of methoxy groups -OCH3 is 3. The van der Waals surface area contributed by atoms with E-state index in [9.17, 15) is 83.5 Å². The number of ketones is 1. The summed E-state index contributed by atoms with van der Waals surface area (Å²) in [5.41, 5.74) is -7.85. The molecule has 0 amide bonds. The number of fused-ring (bicyclic) bond motifs is 3. The monoisotopic (exact) mass is 2100 g/mol. The fourth-order valence-corrected chi connectivity index (χ4v) is 20.8. The van der Waals surface area contributed by atoms with Crippen molar-refractivity contribution in [3.05, 3.63) is 204 Å². The van der Waals surface area contributed by atoms with Gasteiger partial charge in [0, 0.05) is 74.1 Å². The second-order valence-electron chi connectivity index (χ2n) is 40.4. The molecule has 792 valence electrons. The number of carbonyl (C=O) groups excluding carboxylic acids is 5. The molecule has 0 bridgehead atoms. The number of benzene rings is 3. The van der Waals surface area contributed by atoms with E-state index in [1.807, 2.05) is 78.9 Å². The third-order valence-corrected chi connectivity index (χ3v) is 29.1. The van der Waals surface area contributed by atoms with Gasteiger partial charge in [0.15, 0.2) is 0 Å². The van der Waals surface area contributed by atoms with Gasteiger partial charge in [0.1, 0.15) is 133 Å². The third kappa shape index (κ3) is 28.3. The van der Waals surface area contributed by atoms with Gasteiger partial charge in [-0.15, -0.1) is 45.3 Å². The molecule has 3 fully saturated rings. The molecule has 3 N–H and O–H groups in total. The Morgan fingerprint density at radius 3 is 1.15 bits per heavy atom. The first kappa shape index (κ1) is 118. The molecule has 3 atom stereocenters. The van der Waals surface area contributed by atoms with E-state index < -0.39 is 115 Å². The lowest BCUT2D eigenvalue weighted by atomic mass is 9.86. The van der Waals surface area contributed by atoms with E-state index in [1.54, 1.807) is 138 Å². The van der Waals surface area contributed by atoms with Gasteiger partial charge in [-0.3, -0.25) is 38.1 Å². The van der Waals surface area contributed by atoms with E-state index in [0.29, 0.717) is 125 Å². The quantitative estimate of drug-likeness (QED) is 0.0278. The van der Waals surface area contributed by atoms with Gasteiger partial charge in [-0.1, -0.05) is 54.6 Å². The Balaban J connectivity index is 0.000000210. The molecule has 37 nitrogen and oxygen atoms in total. The molecule has 0 aliphatic carbocycles. The summed E-state index contributed by atoms with van der Waals surface area (Å²) in [4.78, 5) is 161. The van der Waals surface area contributed by atoms with Crippen molar-refractivity contribution in [2.75, 3.05) is 74.2 Å². The highest BCUT2D eigenvalue weighted by Gasteiger charge is 2.44. The minimum Gasteiger partial charge on any atom is -0.496 e. The first-order valence-electron chi connectivity index (χ1n) is 47.9.